The summed E-state index contributed by atoms with van der Waals surface area (Å²) in [6.07, 6.45) is 2.72. The Morgan fingerprint density at radius 2 is 1.96 bits per heavy atom. The lowest BCUT2D eigenvalue weighted by Crippen LogP contribution is -2.22. The van der Waals surface area contributed by atoms with Crippen molar-refractivity contribution in [3.8, 4) is 0 Å². The number of rotatable bonds is 7. The van der Waals surface area contributed by atoms with Crippen LogP contribution in [0.2, 0.25) is 0 Å². The molecule has 0 bridgehead atoms. The highest BCUT2D eigenvalue weighted by molar-refractivity contribution is 7.15. The second-order valence-corrected chi connectivity index (χ2v) is 9.26. The van der Waals surface area contributed by atoms with Crippen molar-refractivity contribution in [2.24, 2.45) is 0 Å². The fourth-order valence-electron chi connectivity index (χ4n) is 2.53. The smallest absolute Gasteiger partial charge is 0.211 e. The second kappa shape index (κ2) is 7.66. The number of thiazole rings is 2. The second-order valence-electron chi connectivity index (χ2n) is 6.36. The quantitative estimate of drug-likeness (QED) is 0.459. The summed E-state index contributed by atoms with van der Waals surface area (Å²) >= 11 is 4.34. The van der Waals surface area contributed by atoms with Crippen LogP contribution in [0.15, 0.2) is 23.0 Å². The summed E-state index contributed by atoms with van der Waals surface area (Å²) in [6.45, 7) is 6.34. The zero-order valence-corrected chi connectivity index (χ0v) is 18.0. The largest absolute Gasteiger partial charge is 0.376 e. The van der Waals surface area contributed by atoms with Crippen molar-refractivity contribution in [1.29, 1.82) is 0 Å². The maximum absolute atomic E-state index is 10.9. The van der Waals surface area contributed by atoms with Crippen LogP contribution in [0.3, 0.4) is 0 Å². The molecule has 11 heteroatoms. The Balaban J connectivity index is 1.46. The lowest BCUT2D eigenvalue weighted by Gasteiger charge is -2.16. The molecule has 0 aliphatic carbocycles. The normalized spacial score (nSPS) is 13.6. The number of aliphatic hydroxyl groups is 1. The first-order valence-electron chi connectivity index (χ1n) is 8.66. The summed E-state index contributed by atoms with van der Waals surface area (Å²) in [5, 5.41) is 33.6. The van der Waals surface area contributed by atoms with E-state index in [9.17, 15) is 5.11 Å². The molecule has 146 valence electrons. The predicted octanol–water partition coefficient (Wildman–Crippen LogP) is 3.57. The molecule has 28 heavy (non-hydrogen) atoms. The third kappa shape index (κ3) is 3.97. The summed E-state index contributed by atoms with van der Waals surface area (Å²) in [5.41, 5.74) is 0.683. The molecule has 0 amide bonds. The highest BCUT2D eigenvalue weighted by Crippen LogP contribution is 2.35. The number of nitrogens with one attached hydrogen (secondary N) is 1. The van der Waals surface area contributed by atoms with Crippen molar-refractivity contribution in [2.75, 3.05) is 5.32 Å². The number of nitrogens with zero attached hydrogens (tertiary/aromatic N) is 6. The average molecular weight is 434 g/mol. The van der Waals surface area contributed by atoms with Gasteiger partial charge in [0.15, 0.2) is 16.4 Å². The number of hydrogen-bond acceptors (Lipinski definition) is 10. The zero-order valence-electron chi connectivity index (χ0n) is 15.6. The van der Waals surface area contributed by atoms with Gasteiger partial charge in [-0.05, 0) is 20.3 Å². The van der Waals surface area contributed by atoms with Gasteiger partial charge < -0.3 is 10.4 Å². The van der Waals surface area contributed by atoms with Gasteiger partial charge in [0, 0.05) is 23.0 Å². The summed E-state index contributed by atoms with van der Waals surface area (Å²) in [7, 11) is 0. The molecule has 0 unspecified atom stereocenters. The minimum atomic E-state index is -1.27. The molecule has 0 spiro atoms. The van der Waals surface area contributed by atoms with E-state index in [2.05, 4.69) is 30.6 Å². The van der Waals surface area contributed by atoms with Gasteiger partial charge in [-0.1, -0.05) is 18.3 Å². The van der Waals surface area contributed by atoms with E-state index in [1.165, 1.54) is 22.7 Å². The Bertz CT molecular complexity index is 1080. The molecule has 0 aliphatic rings. The van der Waals surface area contributed by atoms with E-state index in [4.69, 9.17) is 0 Å². The molecule has 0 saturated heterocycles. The number of aryl methyl sites for hydroxylation is 2. The summed E-state index contributed by atoms with van der Waals surface area (Å²) in [5.74, 6) is 0.664. The first-order valence-corrected chi connectivity index (χ1v) is 11.2. The molecule has 8 nitrogen and oxygen atoms in total. The lowest BCUT2D eigenvalue weighted by molar-refractivity contribution is 0.101. The van der Waals surface area contributed by atoms with Crippen LogP contribution >= 0.6 is 34.0 Å². The molecule has 0 aromatic carbocycles. The van der Waals surface area contributed by atoms with Gasteiger partial charge in [-0.2, -0.15) is 5.10 Å². The fraction of sp³-hybridized carbons (Fsp3) is 0.353. The van der Waals surface area contributed by atoms with Crippen molar-refractivity contribution >= 4 is 45.0 Å². The van der Waals surface area contributed by atoms with Crippen molar-refractivity contribution in [1.82, 2.24) is 29.9 Å². The SMILES string of the molecule is CCc1csc([C@](C)(O)c2nnc(Nc3ccn(Cc4csc(C)n4)n3)s2)n1. The van der Waals surface area contributed by atoms with Crippen LogP contribution in [0.1, 0.15) is 40.3 Å². The highest BCUT2D eigenvalue weighted by Gasteiger charge is 2.33. The first kappa shape index (κ1) is 19.1. The van der Waals surface area contributed by atoms with Crippen molar-refractivity contribution < 1.29 is 5.11 Å². The molecule has 0 fully saturated rings. The molecule has 4 aromatic heterocycles. The summed E-state index contributed by atoms with van der Waals surface area (Å²) < 4.78 is 1.82. The highest BCUT2D eigenvalue weighted by atomic mass is 32.1. The van der Waals surface area contributed by atoms with Crippen LogP contribution in [0.5, 0.6) is 0 Å². The summed E-state index contributed by atoms with van der Waals surface area (Å²) in [4.78, 5) is 8.93. The summed E-state index contributed by atoms with van der Waals surface area (Å²) in [6, 6.07) is 1.87. The molecule has 0 saturated carbocycles. The third-order valence-corrected chi connectivity index (χ3v) is 7.01. The third-order valence-electron chi connectivity index (χ3n) is 4.04. The Morgan fingerprint density at radius 3 is 2.68 bits per heavy atom. The Labute approximate surface area is 174 Å². The Kier molecular flexibility index (Phi) is 5.23. The number of anilines is 2. The van der Waals surface area contributed by atoms with Gasteiger partial charge in [0.25, 0.3) is 0 Å². The van der Waals surface area contributed by atoms with E-state index in [-0.39, 0.29) is 0 Å². The molecule has 0 radical (unpaired) electrons. The van der Waals surface area contributed by atoms with Gasteiger partial charge in [0.1, 0.15) is 5.01 Å². The minimum Gasteiger partial charge on any atom is -0.376 e. The zero-order chi connectivity index (χ0) is 19.7. The Morgan fingerprint density at radius 1 is 1.14 bits per heavy atom. The molecule has 1 atom stereocenters. The van der Waals surface area contributed by atoms with Crippen molar-refractivity contribution in [3.05, 3.63) is 49.4 Å². The number of aromatic nitrogens is 6. The Hall–Kier alpha value is -2.21. The van der Waals surface area contributed by atoms with Crippen LogP contribution in [-0.4, -0.2) is 35.1 Å². The van der Waals surface area contributed by atoms with E-state index in [1.807, 2.05) is 41.6 Å². The van der Waals surface area contributed by atoms with E-state index in [1.54, 1.807) is 18.3 Å². The average Bonchev–Trinajstić information content (AvgIpc) is 3.43. The maximum atomic E-state index is 10.9. The van der Waals surface area contributed by atoms with Crippen molar-refractivity contribution in [2.45, 2.75) is 39.3 Å². The fourth-order valence-corrected chi connectivity index (χ4v) is 4.96. The molecule has 4 aromatic rings. The van der Waals surface area contributed by atoms with E-state index >= 15 is 0 Å². The van der Waals surface area contributed by atoms with E-state index in [0.29, 0.717) is 27.5 Å². The lowest BCUT2D eigenvalue weighted by atomic mass is 10.1. The molecule has 2 N–H and O–H groups in total. The molecular formula is C17H19N7OS3. The van der Waals surface area contributed by atoms with Gasteiger partial charge in [0.05, 0.1) is 22.9 Å². The monoisotopic (exact) mass is 433 g/mol. The molecule has 4 rings (SSSR count). The van der Waals surface area contributed by atoms with Crippen LogP contribution in [0.25, 0.3) is 0 Å². The molecule has 4 heterocycles. The first-order chi connectivity index (χ1) is 13.4. The predicted molar refractivity (Wildman–Crippen MR) is 112 cm³/mol. The topological polar surface area (TPSA) is 102 Å². The van der Waals surface area contributed by atoms with Gasteiger partial charge in [-0.25, -0.2) is 9.97 Å². The van der Waals surface area contributed by atoms with Crippen LogP contribution in [0.4, 0.5) is 10.9 Å². The van der Waals surface area contributed by atoms with E-state index in [0.717, 1.165) is 22.8 Å². The van der Waals surface area contributed by atoms with Crippen LogP contribution in [-0.2, 0) is 18.6 Å². The van der Waals surface area contributed by atoms with Gasteiger partial charge in [-0.15, -0.1) is 32.9 Å². The van der Waals surface area contributed by atoms with Gasteiger partial charge >= 0.3 is 0 Å². The number of hydrogen-bond donors (Lipinski definition) is 2. The van der Waals surface area contributed by atoms with E-state index < -0.39 is 5.60 Å². The van der Waals surface area contributed by atoms with Crippen molar-refractivity contribution in [3.63, 3.8) is 0 Å². The van der Waals surface area contributed by atoms with Gasteiger partial charge in [0.2, 0.25) is 5.13 Å². The maximum Gasteiger partial charge on any atom is 0.211 e. The molecular weight excluding hydrogens is 414 g/mol. The molecule has 0 aliphatic heterocycles. The van der Waals surface area contributed by atoms with Gasteiger partial charge in [-0.3, -0.25) is 4.68 Å². The minimum absolute atomic E-state index is 0.490. The van der Waals surface area contributed by atoms with Crippen LogP contribution in [0, 0.1) is 6.92 Å². The standard InChI is InChI=1S/C17H19N7OS3/c1-4-11-8-27-14(19-11)17(3,25)15-21-22-16(28-15)20-13-5-6-24(23-13)7-12-9-26-10(2)18-12/h5-6,8-9,25H,4,7H2,1-3H3,(H,20,22,23)/t17-/m0/s1. The van der Waals surface area contributed by atoms with Crippen LogP contribution < -0.4 is 5.32 Å².